The first-order valence-electron chi connectivity index (χ1n) is 9.16. The molecule has 3 rings (SSSR count). The molecule has 1 aromatic heterocycles. The summed E-state index contributed by atoms with van der Waals surface area (Å²) in [5.41, 5.74) is 3.25. The lowest BCUT2D eigenvalue weighted by Crippen LogP contribution is -2.52. The number of aliphatic hydroxyl groups excluding tert-OH is 1. The molecule has 0 amide bonds. The van der Waals surface area contributed by atoms with Crippen LogP contribution in [0.2, 0.25) is 5.02 Å². The van der Waals surface area contributed by atoms with Crippen LogP contribution in [-0.2, 0) is 0 Å². The number of hydrogen-bond donors (Lipinski definition) is 1. The van der Waals surface area contributed by atoms with Crippen LogP contribution in [0.1, 0.15) is 13.8 Å². The number of benzene rings is 1. The maximum absolute atomic E-state index is 9.02. The molecule has 2 aromatic rings. The maximum Gasteiger partial charge on any atom is 0.186 e. The standard InChI is InChI=1S/C21H26ClN3OS/c1-4-17(11-15(2)7-10-26)14-24-8-9-25(16(3)13-24)21-23-19-6-5-18(22)12-20(19)27-21/h4-7,11-12,16,26H,1,8-10,13-14H2,2-3H3/b15-7-,17-11+. The number of hydrogen-bond acceptors (Lipinski definition) is 5. The third kappa shape index (κ3) is 4.99. The van der Waals surface area contributed by atoms with Crippen LogP contribution in [0.25, 0.3) is 10.2 Å². The largest absolute Gasteiger partial charge is 0.392 e. The number of anilines is 1. The van der Waals surface area contributed by atoms with Crippen LogP contribution in [-0.4, -0.2) is 53.8 Å². The molecule has 0 spiro atoms. The zero-order valence-electron chi connectivity index (χ0n) is 15.9. The van der Waals surface area contributed by atoms with E-state index in [1.54, 1.807) is 11.3 Å². The molecule has 0 saturated carbocycles. The van der Waals surface area contributed by atoms with E-state index in [0.29, 0.717) is 6.04 Å². The van der Waals surface area contributed by atoms with Gasteiger partial charge in [0.2, 0.25) is 0 Å². The van der Waals surface area contributed by atoms with Crippen molar-refractivity contribution in [2.24, 2.45) is 0 Å². The number of fused-ring (bicyclic) bond motifs is 1. The minimum Gasteiger partial charge on any atom is -0.392 e. The van der Waals surface area contributed by atoms with Crippen molar-refractivity contribution < 1.29 is 5.11 Å². The van der Waals surface area contributed by atoms with Crippen LogP contribution in [0.4, 0.5) is 5.13 Å². The van der Waals surface area contributed by atoms with Crippen molar-refractivity contribution in [3.63, 3.8) is 0 Å². The Hall–Kier alpha value is -1.66. The molecule has 1 aromatic carbocycles. The Morgan fingerprint density at radius 3 is 2.96 bits per heavy atom. The molecule has 1 aliphatic heterocycles. The van der Waals surface area contributed by atoms with Gasteiger partial charge in [-0.15, -0.1) is 0 Å². The Labute approximate surface area is 170 Å². The zero-order valence-corrected chi connectivity index (χ0v) is 17.4. The van der Waals surface area contributed by atoms with E-state index in [0.717, 1.165) is 52.1 Å². The predicted octanol–water partition coefficient (Wildman–Crippen LogP) is 4.51. The topological polar surface area (TPSA) is 39.6 Å². The van der Waals surface area contributed by atoms with Crippen molar-refractivity contribution >= 4 is 38.3 Å². The highest BCUT2D eigenvalue weighted by atomic mass is 35.5. The molecule has 1 atom stereocenters. The van der Waals surface area contributed by atoms with E-state index in [-0.39, 0.29) is 6.61 Å². The number of thiazole rings is 1. The Morgan fingerprint density at radius 1 is 1.44 bits per heavy atom. The highest BCUT2D eigenvalue weighted by molar-refractivity contribution is 7.22. The van der Waals surface area contributed by atoms with Crippen LogP contribution < -0.4 is 4.90 Å². The summed E-state index contributed by atoms with van der Waals surface area (Å²) >= 11 is 7.82. The second-order valence-corrected chi connectivity index (χ2v) is 8.39. The van der Waals surface area contributed by atoms with Gasteiger partial charge in [-0.1, -0.05) is 53.3 Å². The predicted molar refractivity (Wildman–Crippen MR) is 117 cm³/mol. The summed E-state index contributed by atoms with van der Waals surface area (Å²) in [5.74, 6) is 0. The average Bonchev–Trinajstić information content (AvgIpc) is 3.04. The molecule has 6 heteroatoms. The third-order valence-electron chi connectivity index (χ3n) is 4.79. The Morgan fingerprint density at radius 2 is 2.26 bits per heavy atom. The van der Waals surface area contributed by atoms with Crippen molar-refractivity contribution in [1.29, 1.82) is 0 Å². The first kappa shape index (κ1) is 20.1. The smallest absolute Gasteiger partial charge is 0.186 e. The second kappa shape index (κ2) is 9.02. The first-order chi connectivity index (χ1) is 13.0. The Bertz CT molecular complexity index is 873. The number of halogens is 1. The number of rotatable bonds is 6. The van der Waals surface area contributed by atoms with Gasteiger partial charge in [-0.25, -0.2) is 4.98 Å². The summed E-state index contributed by atoms with van der Waals surface area (Å²) in [5, 5.41) is 10.8. The summed E-state index contributed by atoms with van der Waals surface area (Å²) in [6.07, 6.45) is 5.81. The fourth-order valence-corrected chi connectivity index (χ4v) is 4.76. The van der Waals surface area contributed by atoms with E-state index < -0.39 is 0 Å². The van der Waals surface area contributed by atoms with Gasteiger partial charge in [0.1, 0.15) is 0 Å². The van der Waals surface area contributed by atoms with Gasteiger partial charge in [0.15, 0.2) is 5.13 Å². The number of nitrogens with zero attached hydrogens (tertiary/aromatic N) is 3. The van der Waals surface area contributed by atoms with E-state index in [4.69, 9.17) is 21.7 Å². The van der Waals surface area contributed by atoms with E-state index in [2.05, 4.69) is 29.4 Å². The molecule has 1 unspecified atom stereocenters. The lowest BCUT2D eigenvalue weighted by atomic mass is 10.1. The summed E-state index contributed by atoms with van der Waals surface area (Å²) in [7, 11) is 0. The molecular weight excluding hydrogens is 378 g/mol. The van der Waals surface area contributed by atoms with E-state index >= 15 is 0 Å². The van der Waals surface area contributed by atoms with Crippen LogP contribution >= 0.6 is 22.9 Å². The van der Waals surface area contributed by atoms with Crippen LogP contribution in [0.15, 0.2) is 54.2 Å². The molecule has 1 saturated heterocycles. The number of aliphatic hydroxyl groups is 1. The van der Waals surface area contributed by atoms with Gasteiger partial charge in [-0.2, -0.15) is 0 Å². The van der Waals surface area contributed by atoms with E-state index in [9.17, 15) is 0 Å². The molecular formula is C21H26ClN3OS. The molecule has 1 aliphatic rings. The van der Waals surface area contributed by atoms with Crippen molar-refractivity contribution in [3.8, 4) is 0 Å². The molecule has 4 nitrogen and oxygen atoms in total. The minimum atomic E-state index is 0.0653. The van der Waals surface area contributed by atoms with E-state index in [1.807, 2.05) is 37.3 Å². The SMILES string of the molecule is C=C/C(=C\C(C)=C/CO)CN1CCN(c2nc3ccc(Cl)cc3s2)C(C)C1. The van der Waals surface area contributed by atoms with Gasteiger partial charge >= 0.3 is 0 Å². The maximum atomic E-state index is 9.02. The molecule has 144 valence electrons. The van der Waals surface area contributed by atoms with Gasteiger partial charge in [0, 0.05) is 37.2 Å². The van der Waals surface area contributed by atoms with Crippen LogP contribution in [0, 0.1) is 0 Å². The summed E-state index contributed by atoms with van der Waals surface area (Å²) in [6, 6.07) is 6.25. The van der Waals surface area contributed by atoms with Gasteiger partial charge in [-0.05, 0) is 37.6 Å². The lowest BCUT2D eigenvalue weighted by molar-refractivity contribution is 0.247. The third-order valence-corrected chi connectivity index (χ3v) is 6.08. The van der Waals surface area contributed by atoms with Crippen LogP contribution in [0.5, 0.6) is 0 Å². The zero-order chi connectivity index (χ0) is 19.4. The second-order valence-electron chi connectivity index (χ2n) is 6.94. The van der Waals surface area contributed by atoms with Crippen molar-refractivity contribution in [1.82, 2.24) is 9.88 Å². The highest BCUT2D eigenvalue weighted by Gasteiger charge is 2.26. The van der Waals surface area contributed by atoms with Gasteiger partial charge in [0.05, 0.1) is 16.8 Å². The molecule has 1 fully saturated rings. The van der Waals surface area contributed by atoms with Crippen molar-refractivity contribution in [2.75, 3.05) is 37.7 Å². The Balaban J connectivity index is 1.67. The highest BCUT2D eigenvalue weighted by Crippen LogP contribution is 2.32. The molecule has 0 aliphatic carbocycles. The molecule has 0 radical (unpaired) electrons. The quantitative estimate of drug-likeness (QED) is 0.720. The van der Waals surface area contributed by atoms with Crippen LogP contribution in [0.3, 0.4) is 0 Å². The fraction of sp³-hybridized carbons (Fsp3) is 0.381. The normalized spacial score (nSPS) is 19.7. The summed E-state index contributed by atoms with van der Waals surface area (Å²) in [6.45, 7) is 12.0. The summed E-state index contributed by atoms with van der Waals surface area (Å²) < 4.78 is 1.13. The van der Waals surface area contributed by atoms with Crippen molar-refractivity contribution in [2.45, 2.75) is 19.9 Å². The number of piperazine rings is 1. The van der Waals surface area contributed by atoms with Crippen molar-refractivity contribution in [3.05, 3.63) is 59.2 Å². The number of aromatic nitrogens is 1. The fourth-order valence-electron chi connectivity index (χ4n) is 3.39. The monoisotopic (exact) mass is 403 g/mol. The van der Waals surface area contributed by atoms with Gasteiger partial charge < -0.3 is 10.0 Å². The Kier molecular flexibility index (Phi) is 6.71. The van der Waals surface area contributed by atoms with E-state index in [1.165, 1.54) is 5.57 Å². The molecule has 0 bridgehead atoms. The minimum absolute atomic E-state index is 0.0653. The average molecular weight is 404 g/mol. The number of allylic oxidation sites excluding steroid dienone is 2. The molecule has 2 heterocycles. The molecule has 1 N–H and O–H groups in total. The summed E-state index contributed by atoms with van der Waals surface area (Å²) in [4.78, 5) is 9.64. The first-order valence-corrected chi connectivity index (χ1v) is 10.4. The van der Waals surface area contributed by atoms with Gasteiger partial charge in [-0.3, -0.25) is 4.90 Å². The molecule has 27 heavy (non-hydrogen) atoms. The van der Waals surface area contributed by atoms with Gasteiger partial charge in [0.25, 0.3) is 0 Å². The lowest BCUT2D eigenvalue weighted by Gasteiger charge is -2.40.